The number of carbonyl (C=O) groups excluding carboxylic acids is 1. The van der Waals surface area contributed by atoms with Crippen molar-refractivity contribution < 1.29 is 4.79 Å². The van der Waals surface area contributed by atoms with Gasteiger partial charge in [-0.3, -0.25) is 14.6 Å². The summed E-state index contributed by atoms with van der Waals surface area (Å²) in [5.41, 5.74) is 5.44. The molecule has 1 aromatic heterocycles. The maximum absolute atomic E-state index is 12.0. The van der Waals surface area contributed by atoms with Crippen LogP contribution in [0.2, 0.25) is 0 Å². The maximum atomic E-state index is 12.0. The van der Waals surface area contributed by atoms with Crippen molar-refractivity contribution in [1.82, 2.24) is 24.3 Å². The number of carbonyl (C=O) groups is 1. The normalized spacial score (nSPS) is 28.6. The van der Waals surface area contributed by atoms with Gasteiger partial charge in [-0.1, -0.05) is 60.7 Å². The summed E-state index contributed by atoms with van der Waals surface area (Å²) in [6.45, 7) is 9.92. The van der Waals surface area contributed by atoms with Gasteiger partial charge in [0.25, 0.3) is 0 Å². The summed E-state index contributed by atoms with van der Waals surface area (Å²) in [7, 11) is 0. The van der Waals surface area contributed by atoms with Gasteiger partial charge in [0, 0.05) is 75.8 Å². The summed E-state index contributed by atoms with van der Waals surface area (Å²) >= 11 is 0. The van der Waals surface area contributed by atoms with Crippen LogP contribution in [0.25, 0.3) is 0 Å². The Labute approximate surface area is 239 Å². The molecule has 2 aromatic carbocycles. The number of rotatable bonds is 6. The Bertz CT molecular complexity index is 1320. The Balaban J connectivity index is 1.07. The van der Waals surface area contributed by atoms with E-state index in [-0.39, 0.29) is 5.91 Å². The quantitative estimate of drug-likeness (QED) is 0.435. The molecule has 1 amide bonds. The van der Waals surface area contributed by atoms with Gasteiger partial charge < -0.3 is 9.47 Å². The fraction of sp³-hybridized carbons (Fsp3) is 0.529. The van der Waals surface area contributed by atoms with E-state index in [1.807, 2.05) is 4.90 Å². The lowest BCUT2D eigenvalue weighted by Gasteiger charge is -2.42. The van der Waals surface area contributed by atoms with Crippen LogP contribution in [0, 0.1) is 12.8 Å². The molecule has 2 bridgehead atoms. The van der Waals surface area contributed by atoms with Crippen molar-refractivity contribution in [2.75, 3.05) is 26.2 Å². The molecular weight excluding hydrogens is 494 g/mol. The van der Waals surface area contributed by atoms with Crippen molar-refractivity contribution in [2.45, 2.75) is 83.1 Å². The zero-order chi connectivity index (χ0) is 27.2. The van der Waals surface area contributed by atoms with Crippen molar-refractivity contribution in [2.24, 2.45) is 5.92 Å². The molecule has 6 nitrogen and oxygen atoms in total. The van der Waals surface area contributed by atoms with Crippen LogP contribution in [0.4, 0.5) is 0 Å². The molecule has 4 aliphatic heterocycles. The van der Waals surface area contributed by atoms with Gasteiger partial charge in [-0.15, -0.1) is 0 Å². The highest BCUT2D eigenvalue weighted by molar-refractivity contribution is 5.73. The molecule has 0 radical (unpaired) electrons. The van der Waals surface area contributed by atoms with Gasteiger partial charge >= 0.3 is 0 Å². The predicted molar refractivity (Wildman–Crippen MR) is 158 cm³/mol. The Kier molecular flexibility index (Phi) is 7.01. The average Bonchev–Trinajstić information content (AvgIpc) is 3.59. The highest BCUT2D eigenvalue weighted by Crippen LogP contribution is 2.44. The molecule has 40 heavy (non-hydrogen) atoms. The summed E-state index contributed by atoms with van der Waals surface area (Å²) in [5.74, 6) is 2.55. The van der Waals surface area contributed by atoms with E-state index in [0.717, 1.165) is 37.6 Å². The third-order valence-electron chi connectivity index (χ3n) is 10.3. The highest BCUT2D eigenvalue weighted by atomic mass is 16.2. The number of hydrogen-bond acceptors (Lipinski definition) is 4. The number of amides is 1. The number of nitrogens with zero attached hydrogens (tertiary/aromatic N) is 5. The number of likely N-dealkylation sites (tertiary alicyclic amines) is 1. The number of benzene rings is 2. The minimum atomic E-state index is 0.159. The molecule has 3 saturated heterocycles. The minimum Gasteiger partial charge on any atom is -0.337 e. The number of aromatic nitrogens is 2. The van der Waals surface area contributed by atoms with Gasteiger partial charge in [-0.2, -0.15) is 0 Å². The first-order chi connectivity index (χ1) is 19.5. The van der Waals surface area contributed by atoms with Crippen LogP contribution in [-0.2, 0) is 24.3 Å². The first kappa shape index (κ1) is 26.0. The van der Waals surface area contributed by atoms with E-state index in [2.05, 4.69) is 82.0 Å². The van der Waals surface area contributed by atoms with Crippen LogP contribution < -0.4 is 0 Å². The fourth-order valence-corrected chi connectivity index (χ4v) is 8.51. The number of hydrogen-bond donors (Lipinski definition) is 0. The van der Waals surface area contributed by atoms with E-state index >= 15 is 0 Å². The van der Waals surface area contributed by atoms with Crippen LogP contribution in [0.5, 0.6) is 0 Å². The van der Waals surface area contributed by atoms with Gasteiger partial charge in [0.1, 0.15) is 5.82 Å². The Morgan fingerprint density at radius 1 is 0.925 bits per heavy atom. The molecule has 3 aromatic rings. The lowest BCUT2D eigenvalue weighted by Crippen LogP contribution is -2.47. The summed E-state index contributed by atoms with van der Waals surface area (Å²) in [4.78, 5) is 24.5. The number of aryl methyl sites for hydroxylation is 1. The Hall–Kier alpha value is -2.96. The van der Waals surface area contributed by atoms with Crippen LogP contribution >= 0.6 is 0 Å². The number of fused-ring (bicyclic) bond motifs is 3. The van der Waals surface area contributed by atoms with Crippen molar-refractivity contribution in [3.8, 4) is 0 Å². The van der Waals surface area contributed by atoms with E-state index in [1.54, 1.807) is 6.92 Å². The molecular formula is C34H43N5O. The molecule has 0 aliphatic carbocycles. The number of imidazole rings is 1. The van der Waals surface area contributed by atoms with Crippen molar-refractivity contribution in [3.63, 3.8) is 0 Å². The van der Waals surface area contributed by atoms with Crippen LogP contribution in [0.1, 0.15) is 72.9 Å². The zero-order valence-corrected chi connectivity index (χ0v) is 24.1. The van der Waals surface area contributed by atoms with Gasteiger partial charge in [0.05, 0.1) is 12.2 Å². The predicted octanol–water partition coefficient (Wildman–Crippen LogP) is 5.18. The first-order valence-electron chi connectivity index (χ1n) is 15.4. The number of piperidine rings is 1. The highest BCUT2D eigenvalue weighted by Gasteiger charge is 2.45. The minimum absolute atomic E-state index is 0.159. The second kappa shape index (κ2) is 10.8. The third kappa shape index (κ3) is 4.90. The van der Waals surface area contributed by atoms with E-state index in [4.69, 9.17) is 4.98 Å². The Morgan fingerprint density at radius 2 is 1.62 bits per heavy atom. The lowest BCUT2D eigenvalue weighted by molar-refractivity contribution is -0.129. The van der Waals surface area contributed by atoms with Crippen molar-refractivity contribution in [3.05, 3.63) is 89.0 Å². The molecule has 0 spiro atoms. The SMILES string of the molecule is CC(=O)N1CCc2c(nc(C)n2C2CC3CC[C@@H](C2)N3C[C@H]2CN(Cc3ccccc3)C[C@@H]2c2ccccc2)C1. The van der Waals surface area contributed by atoms with E-state index < -0.39 is 0 Å². The molecule has 6 heteroatoms. The van der Waals surface area contributed by atoms with Crippen LogP contribution in [0.3, 0.4) is 0 Å². The van der Waals surface area contributed by atoms with Gasteiger partial charge in [-0.05, 0) is 49.7 Å². The van der Waals surface area contributed by atoms with E-state index in [1.165, 1.54) is 55.6 Å². The van der Waals surface area contributed by atoms with Gasteiger partial charge in [0.15, 0.2) is 0 Å². The molecule has 2 unspecified atom stereocenters. The maximum Gasteiger partial charge on any atom is 0.219 e. The van der Waals surface area contributed by atoms with Gasteiger partial charge in [-0.25, -0.2) is 4.98 Å². The van der Waals surface area contributed by atoms with Crippen LogP contribution in [-0.4, -0.2) is 68.4 Å². The van der Waals surface area contributed by atoms with Crippen LogP contribution in [0.15, 0.2) is 60.7 Å². The third-order valence-corrected chi connectivity index (χ3v) is 10.3. The van der Waals surface area contributed by atoms with Crippen molar-refractivity contribution in [1.29, 1.82) is 0 Å². The first-order valence-corrected chi connectivity index (χ1v) is 15.4. The topological polar surface area (TPSA) is 44.6 Å². The van der Waals surface area contributed by atoms with E-state index in [0.29, 0.717) is 36.5 Å². The molecule has 0 saturated carbocycles. The summed E-state index contributed by atoms with van der Waals surface area (Å²) in [6, 6.07) is 24.1. The van der Waals surface area contributed by atoms with Gasteiger partial charge in [0.2, 0.25) is 5.91 Å². The largest absolute Gasteiger partial charge is 0.337 e. The smallest absolute Gasteiger partial charge is 0.219 e. The van der Waals surface area contributed by atoms with Crippen molar-refractivity contribution >= 4 is 5.91 Å². The molecule has 5 heterocycles. The summed E-state index contributed by atoms with van der Waals surface area (Å²) in [6.07, 6.45) is 6.04. The lowest BCUT2D eigenvalue weighted by atomic mass is 9.87. The summed E-state index contributed by atoms with van der Waals surface area (Å²) in [5, 5.41) is 0. The molecule has 3 fully saturated rings. The molecule has 210 valence electrons. The zero-order valence-electron chi connectivity index (χ0n) is 24.1. The second-order valence-corrected chi connectivity index (χ2v) is 12.8. The monoisotopic (exact) mass is 537 g/mol. The molecule has 0 N–H and O–H groups in total. The van der Waals surface area contributed by atoms with E-state index in [9.17, 15) is 4.79 Å². The average molecular weight is 538 g/mol. The molecule has 4 aliphatic rings. The standard InChI is InChI=1S/C34H43N5O/c1-24-35-33-23-37(25(2)40)16-15-34(33)39(24)31-17-29-13-14-30(18-31)38(29)21-28-20-36(19-26-9-5-3-6-10-26)22-32(28)27-11-7-4-8-12-27/h3-12,28-32H,13-23H2,1-2H3/t28-,29+,30?,31?,32-/m1/s1. The molecule has 7 rings (SSSR count). The molecule has 5 atom stereocenters. The fourth-order valence-electron chi connectivity index (χ4n) is 8.51. The summed E-state index contributed by atoms with van der Waals surface area (Å²) < 4.78 is 2.58. The second-order valence-electron chi connectivity index (χ2n) is 12.8. The Morgan fingerprint density at radius 3 is 2.33 bits per heavy atom.